The minimum absolute atomic E-state index is 0. The number of hydrogen-bond donors (Lipinski definition) is 1. The van der Waals surface area contributed by atoms with Crippen LogP contribution < -0.4 is 5.73 Å². The summed E-state index contributed by atoms with van der Waals surface area (Å²) < 4.78 is 5.55. The van der Waals surface area contributed by atoms with Crippen LogP contribution in [0.1, 0.15) is 0 Å². The van der Waals surface area contributed by atoms with Gasteiger partial charge in [0.05, 0.1) is 12.7 Å². The lowest BCUT2D eigenvalue weighted by atomic mass is 10.3. The highest BCUT2D eigenvalue weighted by Crippen LogP contribution is 2.17. The molecule has 1 fully saturated rings. The Labute approximate surface area is 119 Å². The molecule has 0 aromatic heterocycles. The Hall–Kier alpha value is -0.260. The Morgan fingerprint density at radius 3 is 2.83 bits per heavy atom. The van der Waals surface area contributed by atoms with E-state index in [9.17, 15) is 0 Å². The first-order chi connectivity index (χ1) is 8.38. The maximum absolute atomic E-state index is 5.63. The van der Waals surface area contributed by atoms with Crippen molar-refractivity contribution in [2.24, 2.45) is 5.73 Å². The molecule has 0 bridgehead atoms. The Balaban J connectivity index is 0.00000162. The van der Waals surface area contributed by atoms with Gasteiger partial charge in [-0.05, 0) is 12.1 Å². The Bertz CT molecular complexity index is 326. The number of morpholine rings is 1. The number of nitrogens with two attached hydrogens (primary N) is 1. The molecule has 2 N–H and O–H groups in total. The van der Waals surface area contributed by atoms with E-state index in [2.05, 4.69) is 35.2 Å². The first-order valence-electron chi connectivity index (χ1n) is 6.10. The highest BCUT2D eigenvalue weighted by Gasteiger charge is 2.18. The molecule has 2 rings (SSSR count). The molecule has 1 aromatic carbocycles. The van der Waals surface area contributed by atoms with Crippen LogP contribution in [0.25, 0.3) is 0 Å². The molecule has 0 aliphatic carbocycles. The van der Waals surface area contributed by atoms with Gasteiger partial charge < -0.3 is 10.5 Å². The number of rotatable bonds is 5. The standard InChI is InChI=1S/C13H20N2OS.ClH/c14-10-12-11-15(6-8-16-12)7-9-17-13-4-2-1-3-5-13;/h1-5,12H,6-11,14H2;1H. The van der Waals surface area contributed by atoms with Crippen molar-refractivity contribution in [3.05, 3.63) is 30.3 Å². The molecule has 3 nitrogen and oxygen atoms in total. The van der Waals surface area contributed by atoms with Crippen molar-refractivity contribution in [2.75, 3.05) is 38.5 Å². The predicted octanol–water partition coefficient (Wildman–Crippen LogP) is 1.86. The molecule has 1 aromatic rings. The molecule has 0 spiro atoms. The molecule has 102 valence electrons. The SMILES string of the molecule is Cl.NCC1CN(CCSc2ccccc2)CCO1. The van der Waals surface area contributed by atoms with Crippen LogP contribution in [-0.4, -0.2) is 49.5 Å². The van der Waals surface area contributed by atoms with Gasteiger partial charge in [0.15, 0.2) is 0 Å². The molecule has 1 heterocycles. The summed E-state index contributed by atoms with van der Waals surface area (Å²) in [5.41, 5.74) is 5.63. The lowest BCUT2D eigenvalue weighted by Crippen LogP contribution is -2.46. The average molecular weight is 289 g/mol. The molecular weight excluding hydrogens is 268 g/mol. The van der Waals surface area contributed by atoms with E-state index in [1.807, 2.05) is 11.8 Å². The summed E-state index contributed by atoms with van der Waals surface area (Å²) in [6, 6.07) is 10.5. The summed E-state index contributed by atoms with van der Waals surface area (Å²) in [5.74, 6) is 1.13. The molecule has 5 heteroatoms. The van der Waals surface area contributed by atoms with Crippen LogP contribution in [-0.2, 0) is 4.74 Å². The van der Waals surface area contributed by atoms with Crippen molar-refractivity contribution in [2.45, 2.75) is 11.0 Å². The fourth-order valence-electron chi connectivity index (χ4n) is 1.94. The number of hydrogen-bond acceptors (Lipinski definition) is 4. The molecule has 1 atom stereocenters. The number of halogens is 1. The highest BCUT2D eigenvalue weighted by molar-refractivity contribution is 7.99. The summed E-state index contributed by atoms with van der Waals surface area (Å²) in [6.45, 7) is 4.57. The van der Waals surface area contributed by atoms with E-state index in [0.29, 0.717) is 6.54 Å². The van der Waals surface area contributed by atoms with E-state index in [4.69, 9.17) is 10.5 Å². The van der Waals surface area contributed by atoms with Gasteiger partial charge >= 0.3 is 0 Å². The van der Waals surface area contributed by atoms with Crippen molar-refractivity contribution >= 4 is 24.2 Å². The molecule has 18 heavy (non-hydrogen) atoms. The fourth-order valence-corrected chi connectivity index (χ4v) is 2.87. The molecule has 0 saturated carbocycles. The Kier molecular flexibility index (Phi) is 7.70. The topological polar surface area (TPSA) is 38.5 Å². The van der Waals surface area contributed by atoms with Gasteiger partial charge in [0.2, 0.25) is 0 Å². The highest BCUT2D eigenvalue weighted by atomic mass is 35.5. The average Bonchev–Trinajstić information content (AvgIpc) is 2.40. The third-order valence-corrected chi connectivity index (χ3v) is 3.90. The van der Waals surface area contributed by atoms with Gasteiger partial charge in [-0.25, -0.2) is 0 Å². The zero-order valence-corrected chi connectivity index (χ0v) is 12.1. The van der Waals surface area contributed by atoms with Gasteiger partial charge in [-0.15, -0.1) is 24.2 Å². The quantitative estimate of drug-likeness (QED) is 0.840. The van der Waals surface area contributed by atoms with Crippen molar-refractivity contribution in [3.8, 4) is 0 Å². The van der Waals surface area contributed by atoms with E-state index in [1.54, 1.807) is 0 Å². The Morgan fingerprint density at radius 2 is 2.11 bits per heavy atom. The third-order valence-electron chi connectivity index (χ3n) is 2.91. The number of thioether (sulfide) groups is 1. The predicted molar refractivity (Wildman–Crippen MR) is 79.6 cm³/mol. The first-order valence-corrected chi connectivity index (χ1v) is 7.09. The normalized spacial score (nSPS) is 20.4. The molecule has 1 unspecified atom stereocenters. The van der Waals surface area contributed by atoms with Crippen LogP contribution >= 0.6 is 24.2 Å². The lowest BCUT2D eigenvalue weighted by Gasteiger charge is -2.32. The van der Waals surface area contributed by atoms with Crippen molar-refractivity contribution in [1.29, 1.82) is 0 Å². The second-order valence-electron chi connectivity index (χ2n) is 4.19. The zero-order valence-electron chi connectivity index (χ0n) is 10.5. The van der Waals surface area contributed by atoms with Crippen LogP contribution in [0.2, 0.25) is 0 Å². The van der Waals surface area contributed by atoms with Crippen LogP contribution in [0.4, 0.5) is 0 Å². The van der Waals surface area contributed by atoms with E-state index < -0.39 is 0 Å². The van der Waals surface area contributed by atoms with Gasteiger partial charge in [-0.1, -0.05) is 18.2 Å². The summed E-state index contributed by atoms with van der Waals surface area (Å²) in [6.07, 6.45) is 0.227. The van der Waals surface area contributed by atoms with Gasteiger partial charge in [0, 0.05) is 36.8 Å². The monoisotopic (exact) mass is 288 g/mol. The van der Waals surface area contributed by atoms with Crippen LogP contribution in [0.3, 0.4) is 0 Å². The fraction of sp³-hybridized carbons (Fsp3) is 0.538. The maximum Gasteiger partial charge on any atom is 0.0824 e. The number of nitrogens with zero attached hydrogens (tertiary/aromatic N) is 1. The molecule has 1 saturated heterocycles. The minimum Gasteiger partial charge on any atom is -0.374 e. The summed E-state index contributed by atoms with van der Waals surface area (Å²) in [7, 11) is 0. The molecule has 1 aliphatic heterocycles. The summed E-state index contributed by atoms with van der Waals surface area (Å²) >= 11 is 1.91. The number of ether oxygens (including phenoxy) is 1. The third kappa shape index (κ3) is 5.16. The molecule has 1 aliphatic rings. The van der Waals surface area contributed by atoms with Gasteiger partial charge in [0.25, 0.3) is 0 Å². The minimum atomic E-state index is 0. The summed E-state index contributed by atoms with van der Waals surface area (Å²) in [4.78, 5) is 3.79. The second-order valence-corrected chi connectivity index (χ2v) is 5.36. The summed E-state index contributed by atoms with van der Waals surface area (Å²) in [5, 5.41) is 0. The molecule has 0 radical (unpaired) electrons. The van der Waals surface area contributed by atoms with Gasteiger partial charge in [0.1, 0.15) is 0 Å². The largest absolute Gasteiger partial charge is 0.374 e. The maximum atomic E-state index is 5.63. The van der Waals surface area contributed by atoms with Crippen molar-refractivity contribution in [3.63, 3.8) is 0 Å². The van der Waals surface area contributed by atoms with Gasteiger partial charge in [-0.2, -0.15) is 0 Å². The van der Waals surface area contributed by atoms with Crippen molar-refractivity contribution < 1.29 is 4.74 Å². The van der Waals surface area contributed by atoms with Crippen LogP contribution in [0.5, 0.6) is 0 Å². The van der Waals surface area contributed by atoms with Gasteiger partial charge in [-0.3, -0.25) is 4.90 Å². The van der Waals surface area contributed by atoms with E-state index >= 15 is 0 Å². The number of benzene rings is 1. The van der Waals surface area contributed by atoms with Crippen LogP contribution in [0.15, 0.2) is 35.2 Å². The van der Waals surface area contributed by atoms with Crippen LogP contribution in [0, 0.1) is 0 Å². The Morgan fingerprint density at radius 1 is 1.33 bits per heavy atom. The van der Waals surface area contributed by atoms with E-state index in [0.717, 1.165) is 32.0 Å². The smallest absolute Gasteiger partial charge is 0.0824 e. The zero-order chi connectivity index (χ0) is 11.9. The second kappa shape index (κ2) is 8.77. The lowest BCUT2D eigenvalue weighted by molar-refractivity contribution is -0.0208. The molecular formula is C13H21ClN2OS. The van der Waals surface area contributed by atoms with Crippen molar-refractivity contribution in [1.82, 2.24) is 4.90 Å². The molecule has 0 amide bonds. The van der Waals surface area contributed by atoms with E-state index in [1.165, 1.54) is 4.90 Å². The first kappa shape index (κ1) is 15.8. The van der Waals surface area contributed by atoms with E-state index in [-0.39, 0.29) is 18.5 Å².